The van der Waals surface area contributed by atoms with Crippen molar-refractivity contribution in [1.82, 2.24) is 0 Å². The first-order valence-corrected chi connectivity index (χ1v) is 13.6. The standard InChI is InChI=1S/2C7H8O.4C6H6O/c2*1-6-4-2-3-5-7(6)8;4*7-6-4-2-1-3-5-6/h2*2-5,8H,1H3;4*1-5,7H. The van der Waals surface area contributed by atoms with Gasteiger partial charge in [0.2, 0.25) is 0 Å². The second-order valence-electron chi connectivity index (χ2n) is 8.92. The predicted octanol–water partition coefficient (Wildman–Crippen LogP) is 8.97. The first kappa shape index (κ1) is 36.1. The summed E-state index contributed by atoms with van der Waals surface area (Å²) < 4.78 is 0. The number of benzene rings is 6. The van der Waals surface area contributed by atoms with E-state index in [2.05, 4.69) is 0 Å². The molecule has 0 aromatic heterocycles. The molecule has 0 aliphatic rings. The molecular weight excluding hydrogens is 552 g/mol. The SMILES string of the molecule is Cc1ccccc1O.Cc1ccccc1O.Oc1ccccc1.Oc1ccccc1.Oc1ccccc1.Oc1ccccc1. The van der Waals surface area contributed by atoms with E-state index in [1.807, 2.05) is 74.5 Å². The van der Waals surface area contributed by atoms with Gasteiger partial charge in [-0.1, -0.05) is 109 Å². The van der Waals surface area contributed by atoms with Crippen molar-refractivity contribution in [2.24, 2.45) is 0 Å². The van der Waals surface area contributed by atoms with Gasteiger partial charge in [0.15, 0.2) is 0 Å². The van der Waals surface area contributed by atoms with Crippen molar-refractivity contribution >= 4 is 0 Å². The third-order valence-electron chi connectivity index (χ3n) is 5.26. The Labute approximate surface area is 259 Å². The molecule has 0 aliphatic heterocycles. The predicted molar refractivity (Wildman–Crippen MR) is 178 cm³/mol. The summed E-state index contributed by atoms with van der Waals surface area (Å²) in [6.45, 7) is 3.74. The zero-order valence-corrected chi connectivity index (χ0v) is 24.8. The Hall–Kier alpha value is -5.88. The zero-order chi connectivity index (χ0) is 32.4. The lowest BCUT2D eigenvalue weighted by atomic mass is 10.2. The summed E-state index contributed by atoms with van der Waals surface area (Å²) in [5.74, 6) is 2.02. The first-order chi connectivity index (χ1) is 21.2. The van der Waals surface area contributed by atoms with E-state index in [0.29, 0.717) is 34.5 Å². The largest absolute Gasteiger partial charge is 0.508 e. The lowest BCUT2D eigenvalue weighted by Crippen LogP contribution is -1.68. The normalized spacial score (nSPS) is 8.77. The number of aromatic hydroxyl groups is 6. The molecule has 228 valence electrons. The molecular formula is C38H40O6. The van der Waals surface area contributed by atoms with E-state index < -0.39 is 0 Å². The van der Waals surface area contributed by atoms with Gasteiger partial charge in [-0.15, -0.1) is 0 Å². The maximum Gasteiger partial charge on any atom is 0.118 e. The fourth-order valence-corrected chi connectivity index (χ4v) is 2.84. The van der Waals surface area contributed by atoms with Crippen molar-refractivity contribution in [3.63, 3.8) is 0 Å². The van der Waals surface area contributed by atoms with Crippen LogP contribution in [0.4, 0.5) is 0 Å². The van der Waals surface area contributed by atoms with Crippen LogP contribution in [0.25, 0.3) is 0 Å². The molecule has 0 radical (unpaired) electrons. The lowest BCUT2D eigenvalue weighted by Gasteiger charge is -1.92. The number of para-hydroxylation sites is 6. The van der Waals surface area contributed by atoms with Crippen LogP contribution in [0.2, 0.25) is 0 Å². The molecule has 0 bridgehead atoms. The van der Waals surface area contributed by atoms with Crippen molar-refractivity contribution in [3.8, 4) is 34.5 Å². The monoisotopic (exact) mass is 592 g/mol. The topological polar surface area (TPSA) is 121 Å². The van der Waals surface area contributed by atoms with E-state index in [9.17, 15) is 0 Å². The Morgan fingerprint density at radius 3 is 0.545 bits per heavy atom. The minimum atomic E-state index is 0.322. The second kappa shape index (κ2) is 22.8. The minimum Gasteiger partial charge on any atom is -0.508 e. The van der Waals surface area contributed by atoms with E-state index in [1.54, 1.807) is 109 Å². The Bertz CT molecular complexity index is 1280. The maximum absolute atomic E-state index is 8.92. The molecule has 6 aromatic rings. The van der Waals surface area contributed by atoms with Gasteiger partial charge in [0.25, 0.3) is 0 Å². The maximum atomic E-state index is 8.92. The van der Waals surface area contributed by atoms with Crippen LogP contribution in [0.3, 0.4) is 0 Å². The molecule has 0 atom stereocenters. The van der Waals surface area contributed by atoms with Gasteiger partial charge in [-0.2, -0.15) is 0 Å². The Morgan fingerprint density at radius 2 is 0.432 bits per heavy atom. The molecule has 6 N–H and O–H groups in total. The first-order valence-electron chi connectivity index (χ1n) is 13.6. The molecule has 6 heteroatoms. The second-order valence-corrected chi connectivity index (χ2v) is 8.92. The Morgan fingerprint density at radius 1 is 0.250 bits per heavy atom. The number of phenolic OH excluding ortho intramolecular Hbond substituents is 6. The third-order valence-corrected chi connectivity index (χ3v) is 5.26. The van der Waals surface area contributed by atoms with E-state index in [1.165, 1.54) is 0 Å². The van der Waals surface area contributed by atoms with Gasteiger partial charge in [0.05, 0.1) is 0 Å². The average Bonchev–Trinajstić information content (AvgIpc) is 3.03. The highest BCUT2D eigenvalue weighted by Gasteiger charge is 1.88. The molecule has 0 amide bonds. The highest BCUT2D eigenvalue weighted by molar-refractivity contribution is 5.30. The van der Waals surface area contributed by atoms with Crippen LogP contribution in [-0.2, 0) is 0 Å². The van der Waals surface area contributed by atoms with Crippen LogP contribution in [0.5, 0.6) is 34.5 Å². The summed E-state index contributed by atoms with van der Waals surface area (Å²) in [4.78, 5) is 0. The lowest BCUT2D eigenvalue weighted by molar-refractivity contribution is 0.470. The van der Waals surface area contributed by atoms with Crippen LogP contribution in [0, 0.1) is 13.8 Å². The molecule has 0 saturated carbocycles. The van der Waals surface area contributed by atoms with Crippen LogP contribution in [0.15, 0.2) is 170 Å². The fourth-order valence-electron chi connectivity index (χ4n) is 2.84. The van der Waals surface area contributed by atoms with Crippen LogP contribution in [-0.4, -0.2) is 30.6 Å². The van der Waals surface area contributed by atoms with Gasteiger partial charge < -0.3 is 30.6 Å². The van der Waals surface area contributed by atoms with Gasteiger partial charge in [-0.3, -0.25) is 0 Å². The van der Waals surface area contributed by atoms with Gasteiger partial charge in [-0.05, 0) is 85.6 Å². The van der Waals surface area contributed by atoms with Crippen LogP contribution < -0.4 is 0 Å². The summed E-state index contributed by atoms with van der Waals surface area (Å²) in [6, 6.07) is 49.4. The van der Waals surface area contributed by atoms with Crippen molar-refractivity contribution in [1.29, 1.82) is 0 Å². The van der Waals surface area contributed by atoms with Gasteiger partial charge in [0.1, 0.15) is 34.5 Å². The summed E-state index contributed by atoms with van der Waals surface area (Å²) in [6.07, 6.45) is 0. The summed E-state index contributed by atoms with van der Waals surface area (Å²) in [7, 11) is 0. The highest BCUT2D eigenvalue weighted by atomic mass is 16.3. The van der Waals surface area contributed by atoms with Gasteiger partial charge in [-0.25, -0.2) is 0 Å². The van der Waals surface area contributed by atoms with Crippen molar-refractivity contribution < 1.29 is 30.6 Å². The fraction of sp³-hybridized carbons (Fsp3) is 0.0526. The molecule has 0 heterocycles. The molecule has 6 aromatic carbocycles. The van der Waals surface area contributed by atoms with E-state index in [4.69, 9.17) is 30.6 Å². The summed E-state index contributed by atoms with van der Waals surface area (Å²) >= 11 is 0. The quantitative estimate of drug-likeness (QED) is 0.105. The van der Waals surface area contributed by atoms with Gasteiger partial charge in [0, 0.05) is 0 Å². The molecule has 0 spiro atoms. The molecule has 0 saturated heterocycles. The Kier molecular flexibility index (Phi) is 18.7. The molecule has 0 unspecified atom stereocenters. The molecule has 6 nitrogen and oxygen atoms in total. The molecule has 6 rings (SSSR count). The number of rotatable bonds is 0. The van der Waals surface area contributed by atoms with Crippen LogP contribution in [0.1, 0.15) is 11.1 Å². The summed E-state index contributed by atoms with van der Waals surface area (Å²) in [5, 5.41) is 52.4. The number of aryl methyl sites for hydroxylation is 2. The highest BCUT2D eigenvalue weighted by Crippen LogP contribution is 2.13. The van der Waals surface area contributed by atoms with Crippen molar-refractivity contribution in [3.05, 3.63) is 181 Å². The summed E-state index contributed by atoms with van der Waals surface area (Å²) in [5.41, 5.74) is 1.85. The van der Waals surface area contributed by atoms with Gasteiger partial charge >= 0.3 is 0 Å². The van der Waals surface area contributed by atoms with E-state index in [0.717, 1.165) is 11.1 Å². The third kappa shape index (κ3) is 19.2. The molecule has 0 aliphatic carbocycles. The van der Waals surface area contributed by atoms with E-state index in [-0.39, 0.29) is 0 Å². The Balaban J connectivity index is 0.000000264. The van der Waals surface area contributed by atoms with E-state index >= 15 is 0 Å². The minimum absolute atomic E-state index is 0.322. The smallest absolute Gasteiger partial charge is 0.118 e. The number of phenols is 6. The molecule has 0 fully saturated rings. The molecule has 44 heavy (non-hydrogen) atoms. The number of hydrogen-bond donors (Lipinski definition) is 6. The van der Waals surface area contributed by atoms with Crippen LogP contribution >= 0.6 is 0 Å². The number of hydrogen-bond acceptors (Lipinski definition) is 6. The van der Waals surface area contributed by atoms with Crippen molar-refractivity contribution in [2.75, 3.05) is 0 Å². The van der Waals surface area contributed by atoms with Crippen molar-refractivity contribution in [2.45, 2.75) is 13.8 Å². The zero-order valence-electron chi connectivity index (χ0n) is 24.8. The average molecular weight is 593 g/mol.